The first-order chi connectivity index (χ1) is 9.67. The first-order valence-corrected chi connectivity index (χ1v) is 6.58. The Bertz CT molecular complexity index is 642. The minimum absolute atomic E-state index is 0.0361. The van der Waals surface area contributed by atoms with Gasteiger partial charge in [0.25, 0.3) is 0 Å². The van der Waals surface area contributed by atoms with Crippen LogP contribution in [0.25, 0.3) is 10.9 Å². The van der Waals surface area contributed by atoms with Gasteiger partial charge < -0.3 is 10.1 Å². The van der Waals surface area contributed by atoms with E-state index in [0.29, 0.717) is 13.1 Å². The SMILES string of the molecule is CCN(CCC(=O)O)C(C#N)c1c[nH]c2ccccc12. The lowest BCUT2D eigenvalue weighted by Gasteiger charge is -2.24. The number of nitriles is 1. The van der Waals surface area contributed by atoms with E-state index in [4.69, 9.17) is 5.11 Å². The molecule has 0 aliphatic carbocycles. The highest BCUT2D eigenvalue weighted by Crippen LogP contribution is 2.27. The Balaban J connectivity index is 2.31. The maximum Gasteiger partial charge on any atom is 0.304 e. The lowest BCUT2D eigenvalue weighted by molar-refractivity contribution is -0.137. The van der Waals surface area contributed by atoms with Gasteiger partial charge in [0.1, 0.15) is 6.04 Å². The summed E-state index contributed by atoms with van der Waals surface area (Å²) in [7, 11) is 0. The van der Waals surface area contributed by atoms with Crippen LogP contribution in [0.3, 0.4) is 0 Å². The second-order valence-electron chi connectivity index (χ2n) is 4.59. The Morgan fingerprint density at radius 3 is 2.90 bits per heavy atom. The maximum atomic E-state index is 10.7. The van der Waals surface area contributed by atoms with E-state index in [-0.39, 0.29) is 6.42 Å². The number of carboxylic acid groups (broad SMARTS) is 1. The number of aliphatic carboxylic acids is 1. The van der Waals surface area contributed by atoms with E-state index in [1.54, 1.807) is 0 Å². The van der Waals surface area contributed by atoms with Crippen LogP contribution >= 0.6 is 0 Å². The van der Waals surface area contributed by atoms with E-state index in [9.17, 15) is 10.1 Å². The van der Waals surface area contributed by atoms with Crippen LogP contribution in [0.15, 0.2) is 30.5 Å². The molecule has 1 atom stereocenters. The fourth-order valence-electron chi connectivity index (χ4n) is 2.38. The third kappa shape index (κ3) is 2.81. The average molecular weight is 271 g/mol. The van der Waals surface area contributed by atoms with Crippen molar-refractivity contribution >= 4 is 16.9 Å². The minimum atomic E-state index is -0.848. The molecule has 0 radical (unpaired) electrons. The van der Waals surface area contributed by atoms with Crippen LogP contribution < -0.4 is 0 Å². The molecule has 2 N–H and O–H groups in total. The summed E-state index contributed by atoms with van der Waals surface area (Å²) in [6, 6.07) is 9.65. The molecule has 1 aromatic heterocycles. The Hall–Kier alpha value is -2.32. The smallest absolute Gasteiger partial charge is 0.304 e. The highest BCUT2D eigenvalue weighted by atomic mass is 16.4. The molecule has 0 amide bonds. The third-order valence-electron chi connectivity index (χ3n) is 3.42. The molecule has 0 fully saturated rings. The van der Waals surface area contributed by atoms with Crippen LogP contribution in [0.4, 0.5) is 0 Å². The van der Waals surface area contributed by atoms with E-state index in [0.717, 1.165) is 16.5 Å². The van der Waals surface area contributed by atoms with Gasteiger partial charge in [0.05, 0.1) is 12.5 Å². The van der Waals surface area contributed by atoms with Gasteiger partial charge in [-0.05, 0) is 12.6 Å². The number of fused-ring (bicyclic) bond motifs is 1. The zero-order valence-corrected chi connectivity index (χ0v) is 11.3. The van der Waals surface area contributed by atoms with E-state index in [1.807, 2.05) is 42.3 Å². The van der Waals surface area contributed by atoms with Crippen molar-refractivity contribution in [2.24, 2.45) is 0 Å². The molecule has 0 saturated heterocycles. The molecule has 20 heavy (non-hydrogen) atoms. The monoisotopic (exact) mass is 271 g/mol. The van der Waals surface area contributed by atoms with E-state index >= 15 is 0 Å². The number of H-pyrrole nitrogens is 1. The van der Waals surface area contributed by atoms with Gasteiger partial charge in [0.2, 0.25) is 0 Å². The van der Waals surface area contributed by atoms with Gasteiger partial charge in [-0.15, -0.1) is 0 Å². The summed E-state index contributed by atoms with van der Waals surface area (Å²) in [5, 5.41) is 19.3. The lowest BCUT2D eigenvalue weighted by Crippen LogP contribution is -2.30. The van der Waals surface area contributed by atoms with Crippen molar-refractivity contribution in [3.8, 4) is 6.07 Å². The van der Waals surface area contributed by atoms with Crippen molar-refractivity contribution < 1.29 is 9.90 Å². The molecule has 0 aliphatic rings. The summed E-state index contributed by atoms with van der Waals surface area (Å²) < 4.78 is 0. The van der Waals surface area contributed by atoms with Crippen LogP contribution in [0, 0.1) is 11.3 Å². The molecule has 1 unspecified atom stereocenters. The maximum absolute atomic E-state index is 10.7. The number of aromatic nitrogens is 1. The highest BCUT2D eigenvalue weighted by Gasteiger charge is 2.22. The van der Waals surface area contributed by atoms with Crippen molar-refractivity contribution in [1.82, 2.24) is 9.88 Å². The first kappa shape index (κ1) is 14.1. The minimum Gasteiger partial charge on any atom is -0.481 e. The normalized spacial score (nSPS) is 12.4. The molecule has 1 heterocycles. The largest absolute Gasteiger partial charge is 0.481 e. The highest BCUT2D eigenvalue weighted by molar-refractivity contribution is 5.83. The van der Waals surface area contributed by atoms with Gasteiger partial charge in [0.15, 0.2) is 0 Å². The number of aromatic amines is 1. The van der Waals surface area contributed by atoms with E-state index in [2.05, 4.69) is 11.1 Å². The van der Waals surface area contributed by atoms with Gasteiger partial charge in [-0.25, -0.2) is 0 Å². The number of rotatable bonds is 6. The van der Waals surface area contributed by atoms with Crippen molar-refractivity contribution in [2.75, 3.05) is 13.1 Å². The predicted molar refractivity (Wildman–Crippen MR) is 76.2 cm³/mol. The van der Waals surface area contributed by atoms with Crippen molar-refractivity contribution in [3.63, 3.8) is 0 Å². The zero-order valence-electron chi connectivity index (χ0n) is 11.3. The average Bonchev–Trinajstić information content (AvgIpc) is 2.87. The number of para-hydroxylation sites is 1. The van der Waals surface area contributed by atoms with Gasteiger partial charge in [-0.1, -0.05) is 25.1 Å². The van der Waals surface area contributed by atoms with Crippen molar-refractivity contribution in [2.45, 2.75) is 19.4 Å². The summed E-state index contributed by atoms with van der Waals surface area (Å²) in [4.78, 5) is 15.7. The quantitative estimate of drug-likeness (QED) is 0.846. The number of benzene rings is 1. The predicted octanol–water partition coefficient (Wildman–Crippen LogP) is 2.53. The second-order valence-corrected chi connectivity index (χ2v) is 4.59. The Kier molecular flexibility index (Phi) is 4.38. The van der Waals surface area contributed by atoms with Crippen LogP contribution in [0.2, 0.25) is 0 Å². The fourth-order valence-corrected chi connectivity index (χ4v) is 2.38. The standard InChI is InChI=1S/C15H17N3O2/c1-2-18(8-7-15(19)20)14(9-16)12-10-17-13-6-4-3-5-11(12)13/h3-6,10,14,17H,2,7-8H2,1H3,(H,19,20). The summed E-state index contributed by atoms with van der Waals surface area (Å²) in [5.74, 6) is -0.848. The van der Waals surface area contributed by atoms with Crippen LogP contribution in [0.1, 0.15) is 24.9 Å². The van der Waals surface area contributed by atoms with Crippen molar-refractivity contribution in [1.29, 1.82) is 5.26 Å². The molecule has 5 heteroatoms. The number of nitrogens with one attached hydrogen (secondary N) is 1. The number of carbonyl (C=O) groups is 1. The van der Waals surface area contributed by atoms with Crippen LogP contribution in [-0.2, 0) is 4.79 Å². The number of nitrogens with zero attached hydrogens (tertiary/aromatic N) is 2. The van der Waals surface area contributed by atoms with Crippen LogP contribution in [-0.4, -0.2) is 34.0 Å². The molecular formula is C15H17N3O2. The Morgan fingerprint density at radius 2 is 2.25 bits per heavy atom. The topological polar surface area (TPSA) is 80.1 Å². The first-order valence-electron chi connectivity index (χ1n) is 6.58. The molecule has 0 spiro atoms. The summed E-state index contributed by atoms with van der Waals surface area (Å²) in [5.41, 5.74) is 1.88. The molecular weight excluding hydrogens is 254 g/mol. The molecule has 5 nitrogen and oxygen atoms in total. The fraction of sp³-hybridized carbons (Fsp3) is 0.333. The van der Waals surface area contributed by atoms with Gasteiger partial charge in [0, 0.05) is 29.2 Å². The molecule has 2 rings (SSSR count). The Morgan fingerprint density at radius 1 is 1.50 bits per heavy atom. The van der Waals surface area contributed by atoms with Gasteiger partial charge in [-0.2, -0.15) is 5.26 Å². The third-order valence-corrected chi connectivity index (χ3v) is 3.42. The number of carboxylic acids is 1. The van der Waals surface area contributed by atoms with Crippen LogP contribution in [0.5, 0.6) is 0 Å². The molecule has 0 bridgehead atoms. The Labute approximate surface area is 117 Å². The molecule has 104 valence electrons. The van der Waals surface area contributed by atoms with E-state index < -0.39 is 12.0 Å². The van der Waals surface area contributed by atoms with E-state index in [1.165, 1.54) is 0 Å². The van der Waals surface area contributed by atoms with Gasteiger partial charge in [-0.3, -0.25) is 9.69 Å². The molecule has 0 saturated carbocycles. The summed E-state index contributed by atoms with van der Waals surface area (Å²) in [6.07, 6.45) is 1.87. The summed E-state index contributed by atoms with van der Waals surface area (Å²) in [6.45, 7) is 2.93. The summed E-state index contributed by atoms with van der Waals surface area (Å²) >= 11 is 0. The van der Waals surface area contributed by atoms with Crippen molar-refractivity contribution in [3.05, 3.63) is 36.0 Å². The second kappa shape index (κ2) is 6.22. The van der Waals surface area contributed by atoms with Gasteiger partial charge >= 0.3 is 5.97 Å². The molecule has 1 aromatic carbocycles. The number of hydrogen-bond acceptors (Lipinski definition) is 3. The zero-order chi connectivity index (χ0) is 14.5. The molecule has 0 aliphatic heterocycles. The molecule has 2 aromatic rings. The lowest BCUT2D eigenvalue weighted by atomic mass is 10.1. The number of hydrogen-bond donors (Lipinski definition) is 2.